The number of nitrogens with zero attached hydrogens (tertiary/aromatic N) is 1. The first-order valence-electron chi connectivity index (χ1n) is 5.15. The lowest BCUT2D eigenvalue weighted by atomic mass is 10.2. The molecule has 1 unspecified atom stereocenters. The number of likely N-dealkylation sites (tertiary alicyclic amines) is 1. The third kappa shape index (κ3) is 2.15. The molecule has 1 heterocycles. The Balaban J connectivity index is 1.88. The van der Waals surface area contributed by atoms with Gasteiger partial charge < -0.3 is 10.0 Å². The van der Waals surface area contributed by atoms with E-state index in [1.807, 2.05) is 0 Å². The third-order valence-corrected chi connectivity index (χ3v) is 4.05. The second-order valence-corrected chi connectivity index (χ2v) is 6.20. The van der Waals surface area contributed by atoms with Gasteiger partial charge >= 0.3 is 6.09 Å². The molecule has 0 bridgehead atoms. The number of hydrogen-bond acceptors (Lipinski definition) is 4. The highest BCUT2D eigenvalue weighted by Crippen LogP contribution is 2.54. The molecule has 16 heavy (non-hydrogen) atoms. The van der Waals surface area contributed by atoms with Gasteiger partial charge in [-0.2, -0.15) is 8.42 Å². The van der Waals surface area contributed by atoms with Crippen molar-refractivity contribution in [2.24, 2.45) is 17.8 Å². The van der Waals surface area contributed by atoms with Gasteiger partial charge in [-0.3, -0.25) is 4.18 Å². The van der Waals surface area contributed by atoms with Crippen molar-refractivity contribution in [3.05, 3.63) is 0 Å². The summed E-state index contributed by atoms with van der Waals surface area (Å²) in [6.45, 7) is 2.74. The fourth-order valence-electron chi connectivity index (χ4n) is 2.76. The lowest BCUT2D eigenvalue weighted by Gasteiger charge is -2.18. The summed E-state index contributed by atoms with van der Waals surface area (Å²) in [5.74, 6) is 0.728. The summed E-state index contributed by atoms with van der Waals surface area (Å²) >= 11 is 0. The summed E-state index contributed by atoms with van der Waals surface area (Å²) in [5.41, 5.74) is 0. The van der Waals surface area contributed by atoms with Crippen LogP contribution in [0.1, 0.15) is 6.92 Å². The van der Waals surface area contributed by atoms with E-state index in [-0.39, 0.29) is 23.9 Å². The van der Waals surface area contributed by atoms with Crippen molar-refractivity contribution >= 4 is 16.2 Å². The maximum Gasteiger partial charge on any atom is 0.407 e. The molecule has 1 amide bonds. The van der Waals surface area contributed by atoms with Crippen molar-refractivity contribution in [3.63, 3.8) is 0 Å². The molecule has 0 radical (unpaired) electrons. The van der Waals surface area contributed by atoms with E-state index in [4.69, 9.17) is 9.29 Å². The summed E-state index contributed by atoms with van der Waals surface area (Å²) in [4.78, 5) is 12.0. The molecule has 92 valence electrons. The zero-order valence-electron chi connectivity index (χ0n) is 9.16. The number of piperidine rings is 1. The van der Waals surface area contributed by atoms with Crippen molar-refractivity contribution in [3.8, 4) is 0 Å². The summed E-state index contributed by atoms with van der Waals surface area (Å²) in [7, 11) is -3.42. The van der Waals surface area contributed by atoms with Gasteiger partial charge in [0.05, 0.1) is 12.4 Å². The molecule has 0 aromatic heterocycles. The van der Waals surface area contributed by atoms with Crippen molar-refractivity contribution in [1.82, 2.24) is 4.90 Å². The minimum Gasteiger partial charge on any atom is -0.465 e. The summed E-state index contributed by atoms with van der Waals surface area (Å²) < 4.78 is 26.8. The lowest BCUT2D eigenvalue weighted by molar-refractivity contribution is 0.135. The summed E-state index contributed by atoms with van der Waals surface area (Å²) in [6.07, 6.45) is -0.214. The second-order valence-electron chi connectivity index (χ2n) is 4.60. The topological polar surface area (TPSA) is 83.9 Å². The van der Waals surface area contributed by atoms with Crippen LogP contribution in [0.15, 0.2) is 0 Å². The Labute approximate surface area is 94.3 Å². The van der Waals surface area contributed by atoms with Gasteiger partial charge in [0.1, 0.15) is 0 Å². The van der Waals surface area contributed by atoms with E-state index in [0.29, 0.717) is 13.1 Å². The van der Waals surface area contributed by atoms with Crippen LogP contribution >= 0.6 is 0 Å². The molecule has 1 aliphatic carbocycles. The van der Waals surface area contributed by atoms with E-state index in [0.717, 1.165) is 6.26 Å². The number of amides is 1. The largest absolute Gasteiger partial charge is 0.465 e. The Morgan fingerprint density at radius 2 is 1.94 bits per heavy atom. The molecule has 2 aliphatic rings. The SMILES string of the molecule is CC(OS(C)(=O)=O)[C@H]1[C@@H]2CN(C(=O)O)C[C@@H]21. The maximum absolute atomic E-state index is 10.9. The van der Waals surface area contributed by atoms with E-state index in [2.05, 4.69) is 0 Å². The molecule has 1 N–H and O–H groups in total. The molecule has 0 aromatic rings. The Morgan fingerprint density at radius 1 is 1.44 bits per heavy atom. The molecule has 0 spiro atoms. The maximum atomic E-state index is 10.9. The molecule has 1 saturated heterocycles. The van der Waals surface area contributed by atoms with Crippen LogP contribution in [0.25, 0.3) is 0 Å². The van der Waals surface area contributed by atoms with Crippen molar-refractivity contribution in [2.45, 2.75) is 13.0 Å². The van der Waals surface area contributed by atoms with Gasteiger partial charge in [0.25, 0.3) is 10.1 Å². The highest BCUT2D eigenvalue weighted by atomic mass is 32.2. The van der Waals surface area contributed by atoms with Crippen LogP contribution in [0.5, 0.6) is 0 Å². The smallest absolute Gasteiger partial charge is 0.407 e. The first-order chi connectivity index (χ1) is 7.29. The molecule has 0 aromatic carbocycles. The van der Waals surface area contributed by atoms with E-state index in [9.17, 15) is 13.2 Å². The molecule has 2 rings (SSSR count). The van der Waals surface area contributed by atoms with Crippen LogP contribution in [-0.4, -0.2) is 50.0 Å². The van der Waals surface area contributed by atoms with Gasteiger partial charge in [0.2, 0.25) is 0 Å². The Morgan fingerprint density at radius 3 is 2.31 bits per heavy atom. The third-order valence-electron chi connectivity index (χ3n) is 3.40. The van der Waals surface area contributed by atoms with E-state index >= 15 is 0 Å². The molecular formula is C9H15NO5S. The van der Waals surface area contributed by atoms with Crippen LogP contribution in [0.3, 0.4) is 0 Å². The molecule has 1 saturated carbocycles. The normalized spacial score (nSPS) is 34.6. The number of fused-ring (bicyclic) bond motifs is 1. The van der Waals surface area contributed by atoms with Crippen LogP contribution in [0, 0.1) is 17.8 Å². The number of carboxylic acid groups (broad SMARTS) is 1. The van der Waals surface area contributed by atoms with Gasteiger partial charge in [0, 0.05) is 13.1 Å². The standard InChI is InChI=1S/C9H15NO5S/c1-5(15-16(2,13)14)8-6-3-10(9(11)12)4-7(6)8/h5-8H,3-4H2,1-2H3,(H,11,12)/t5?,6-,7+,8+. The molecule has 4 atom stereocenters. The average Bonchev–Trinajstić information content (AvgIpc) is 2.59. The summed E-state index contributed by atoms with van der Waals surface area (Å²) in [5, 5.41) is 8.76. The van der Waals surface area contributed by atoms with E-state index in [1.54, 1.807) is 6.92 Å². The van der Waals surface area contributed by atoms with Gasteiger partial charge in [-0.15, -0.1) is 0 Å². The van der Waals surface area contributed by atoms with Crippen LogP contribution in [0.4, 0.5) is 4.79 Å². The quantitative estimate of drug-likeness (QED) is 0.723. The second kappa shape index (κ2) is 3.59. The van der Waals surface area contributed by atoms with Crippen LogP contribution < -0.4 is 0 Å². The molecular weight excluding hydrogens is 234 g/mol. The van der Waals surface area contributed by atoms with E-state index < -0.39 is 16.2 Å². The van der Waals surface area contributed by atoms with Gasteiger partial charge in [-0.1, -0.05) is 0 Å². The lowest BCUT2D eigenvalue weighted by Crippen LogP contribution is -2.32. The monoisotopic (exact) mass is 249 g/mol. The fraction of sp³-hybridized carbons (Fsp3) is 0.889. The summed E-state index contributed by atoms with van der Waals surface area (Å²) in [6, 6.07) is 0. The molecule has 1 aliphatic heterocycles. The zero-order chi connectivity index (χ0) is 12.1. The van der Waals surface area contributed by atoms with Gasteiger partial charge in [0.15, 0.2) is 0 Å². The first-order valence-corrected chi connectivity index (χ1v) is 6.97. The minimum absolute atomic E-state index is 0.185. The van der Waals surface area contributed by atoms with Crippen molar-refractivity contribution < 1.29 is 22.5 Å². The predicted octanol–water partition coefficient (Wildman–Crippen LogP) is 0.207. The molecule has 6 nitrogen and oxygen atoms in total. The molecule has 7 heteroatoms. The van der Waals surface area contributed by atoms with Crippen LogP contribution in [0.2, 0.25) is 0 Å². The highest BCUT2D eigenvalue weighted by Gasteiger charge is 2.59. The van der Waals surface area contributed by atoms with Crippen molar-refractivity contribution in [2.75, 3.05) is 19.3 Å². The molecule has 2 fully saturated rings. The fourth-order valence-corrected chi connectivity index (χ4v) is 3.44. The average molecular weight is 249 g/mol. The van der Waals surface area contributed by atoms with Crippen molar-refractivity contribution in [1.29, 1.82) is 0 Å². The Bertz CT molecular complexity index is 394. The van der Waals surface area contributed by atoms with E-state index in [1.165, 1.54) is 4.90 Å². The number of carbonyl (C=O) groups is 1. The Hall–Kier alpha value is -0.820. The number of rotatable bonds is 3. The highest BCUT2D eigenvalue weighted by molar-refractivity contribution is 7.86. The Kier molecular flexibility index (Phi) is 2.62. The predicted molar refractivity (Wildman–Crippen MR) is 55.5 cm³/mol. The minimum atomic E-state index is -3.42. The van der Waals surface area contributed by atoms with Crippen LogP contribution in [-0.2, 0) is 14.3 Å². The van der Waals surface area contributed by atoms with Gasteiger partial charge in [-0.25, -0.2) is 4.79 Å². The first kappa shape index (κ1) is 11.7. The number of hydrogen-bond donors (Lipinski definition) is 1. The zero-order valence-corrected chi connectivity index (χ0v) is 9.98. The van der Waals surface area contributed by atoms with Gasteiger partial charge in [-0.05, 0) is 24.7 Å².